The minimum absolute atomic E-state index is 0.344. The first-order chi connectivity index (χ1) is 9.79. The number of methoxy groups -OCH3 is 1. The van der Waals surface area contributed by atoms with Gasteiger partial charge in [0.25, 0.3) is 0 Å². The molecule has 2 rings (SSSR count). The van der Waals surface area contributed by atoms with E-state index in [2.05, 4.69) is 35.6 Å². The highest BCUT2D eigenvalue weighted by molar-refractivity contribution is 7.99. The Labute approximate surface area is 124 Å². The van der Waals surface area contributed by atoms with Gasteiger partial charge in [0.15, 0.2) is 0 Å². The van der Waals surface area contributed by atoms with Crippen molar-refractivity contribution in [3.8, 4) is 0 Å². The van der Waals surface area contributed by atoms with Gasteiger partial charge in [0, 0.05) is 30.8 Å². The van der Waals surface area contributed by atoms with Crippen molar-refractivity contribution in [3.63, 3.8) is 0 Å². The highest BCUT2D eigenvalue weighted by Crippen LogP contribution is 2.23. The Kier molecular flexibility index (Phi) is 6.33. The highest BCUT2D eigenvalue weighted by Gasteiger charge is 2.05. The van der Waals surface area contributed by atoms with Gasteiger partial charge in [0.2, 0.25) is 0 Å². The average Bonchev–Trinajstić information content (AvgIpc) is 2.49. The summed E-state index contributed by atoms with van der Waals surface area (Å²) in [6.07, 6.45) is -0.344. The van der Waals surface area contributed by atoms with Gasteiger partial charge in [-0.05, 0) is 22.9 Å². The monoisotopic (exact) mass is 291 g/mol. The summed E-state index contributed by atoms with van der Waals surface area (Å²) in [4.78, 5) is 1.19. The molecule has 3 nitrogen and oxygen atoms in total. The number of thioether (sulfide) groups is 1. The Bertz CT molecular complexity index is 533. The van der Waals surface area contributed by atoms with E-state index in [0.29, 0.717) is 18.9 Å². The molecule has 20 heavy (non-hydrogen) atoms. The van der Waals surface area contributed by atoms with Crippen molar-refractivity contribution < 1.29 is 9.84 Å². The highest BCUT2D eigenvalue weighted by atomic mass is 32.2. The zero-order chi connectivity index (χ0) is 14.2. The normalized spacial score (nSPS) is 12.7. The maximum atomic E-state index is 9.90. The third-order valence-corrected chi connectivity index (χ3v) is 4.16. The maximum Gasteiger partial charge on any atom is 0.0758 e. The fraction of sp³-hybridized carbons (Fsp3) is 0.375. The summed E-state index contributed by atoms with van der Waals surface area (Å²) in [6, 6.07) is 14.7. The molecule has 2 N–H and O–H groups in total. The molecule has 0 aromatic heterocycles. The molecule has 2 aromatic carbocycles. The first-order valence-corrected chi connectivity index (χ1v) is 7.77. The van der Waals surface area contributed by atoms with Gasteiger partial charge in [0.1, 0.15) is 0 Å². The van der Waals surface area contributed by atoms with Crippen LogP contribution in [0.1, 0.15) is 0 Å². The molecule has 1 unspecified atom stereocenters. The summed E-state index contributed by atoms with van der Waals surface area (Å²) in [5.74, 6) is 0.693. The lowest BCUT2D eigenvalue weighted by Gasteiger charge is -2.11. The number of hydrogen-bond donors (Lipinski definition) is 2. The number of nitrogens with one attached hydrogen (secondary N) is 1. The van der Waals surface area contributed by atoms with Gasteiger partial charge >= 0.3 is 0 Å². The number of benzene rings is 2. The van der Waals surface area contributed by atoms with Crippen molar-refractivity contribution in [3.05, 3.63) is 42.5 Å². The summed E-state index contributed by atoms with van der Waals surface area (Å²) in [5, 5.41) is 15.6. The zero-order valence-electron chi connectivity index (χ0n) is 11.7. The summed E-state index contributed by atoms with van der Waals surface area (Å²) in [5.41, 5.74) is 0. The number of aliphatic hydroxyl groups is 1. The SMILES string of the molecule is COCCNCC(O)CSc1ccc2ccccc2c1. The molecule has 108 valence electrons. The quantitative estimate of drug-likeness (QED) is 0.579. The van der Waals surface area contributed by atoms with Crippen LogP contribution in [0.15, 0.2) is 47.4 Å². The smallest absolute Gasteiger partial charge is 0.0758 e. The van der Waals surface area contributed by atoms with Crippen LogP contribution in [0.3, 0.4) is 0 Å². The predicted molar refractivity (Wildman–Crippen MR) is 85.4 cm³/mol. The van der Waals surface area contributed by atoms with E-state index < -0.39 is 0 Å². The Morgan fingerprint density at radius 2 is 2.00 bits per heavy atom. The van der Waals surface area contributed by atoms with E-state index in [9.17, 15) is 5.11 Å². The van der Waals surface area contributed by atoms with Crippen molar-refractivity contribution in [1.82, 2.24) is 5.32 Å². The summed E-state index contributed by atoms with van der Waals surface area (Å²) >= 11 is 1.69. The Morgan fingerprint density at radius 3 is 2.80 bits per heavy atom. The van der Waals surface area contributed by atoms with Crippen LogP contribution in [-0.4, -0.2) is 43.8 Å². The standard InChI is InChI=1S/C16H21NO2S/c1-19-9-8-17-11-15(18)12-20-16-7-6-13-4-2-3-5-14(13)10-16/h2-7,10,15,17-18H,8-9,11-12H2,1H3. The van der Waals surface area contributed by atoms with Gasteiger partial charge in [-0.3, -0.25) is 0 Å². The first kappa shape index (κ1) is 15.3. The summed E-state index contributed by atoms with van der Waals surface area (Å²) in [6.45, 7) is 2.04. The van der Waals surface area contributed by atoms with Gasteiger partial charge < -0.3 is 15.2 Å². The minimum Gasteiger partial charge on any atom is -0.391 e. The van der Waals surface area contributed by atoms with Crippen LogP contribution in [-0.2, 0) is 4.74 Å². The van der Waals surface area contributed by atoms with Crippen LogP contribution < -0.4 is 5.32 Å². The molecule has 0 amide bonds. The summed E-state index contributed by atoms with van der Waals surface area (Å²) < 4.78 is 4.94. The summed E-state index contributed by atoms with van der Waals surface area (Å²) in [7, 11) is 1.67. The molecule has 0 saturated heterocycles. The third-order valence-electron chi connectivity index (χ3n) is 3.03. The predicted octanol–water partition coefficient (Wildman–Crippen LogP) is 2.53. The fourth-order valence-electron chi connectivity index (χ4n) is 1.95. The van der Waals surface area contributed by atoms with Crippen LogP contribution in [0.25, 0.3) is 10.8 Å². The average molecular weight is 291 g/mol. The van der Waals surface area contributed by atoms with E-state index in [1.807, 2.05) is 12.1 Å². The van der Waals surface area contributed by atoms with Crippen LogP contribution in [0.5, 0.6) is 0 Å². The molecule has 0 bridgehead atoms. The third kappa shape index (κ3) is 4.80. The molecule has 0 saturated carbocycles. The van der Waals surface area contributed by atoms with Crippen molar-refractivity contribution in [2.45, 2.75) is 11.0 Å². The number of fused-ring (bicyclic) bond motifs is 1. The van der Waals surface area contributed by atoms with Crippen molar-refractivity contribution in [2.75, 3.05) is 32.6 Å². The zero-order valence-corrected chi connectivity index (χ0v) is 12.5. The molecular formula is C16H21NO2S. The molecule has 1 atom stereocenters. The molecule has 0 aliphatic carbocycles. The van der Waals surface area contributed by atoms with E-state index in [1.165, 1.54) is 15.7 Å². The Morgan fingerprint density at radius 1 is 1.20 bits per heavy atom. The molecule has 0 radical (unpaired) electrons. The van der Waals surface area contributed by atoms with Gasteiger partial charge in [-0.1, -0.05) is 30.3 Å². The van der Waals surface area contributed by atoms with Gasteiger partial charge in [-0.25, -0.2) is 0 Å². The van der Waals surface area contributed by atoms with E-state index >= 15 is 0 Å². The second-order valence-electron chi connectivity index (χ2n) is 4.67. The van der Waals surface area contributed by atoms with Gasteiger partial charge in [-0.2, -0.15) is 0 Å². The first-order valence-electron chi connectivity index (χ1n) is 6.79. The topological polar surface area (TPSA) is 41.5 Å². The van der Waals surface area contributed by atoms with Crippen molar-refractivity contribution >= 4 is 22.5 Å². The minimum atomic E-state index is -0.344. The number of aliphatic hydroxyl groups excluding tert-OH is 1. The molecule has 0 spiro atoms. The van der Waals surface area contributed by atoms with Gasteiger partial charge in [0.05, 0.1) is 12.7 Å². The van der Waals surface area contributed by atoms with E-state index in [4.69, 9.17) is 4.74 Å². The van der Waals surface area contributed by atoms with E-state index in [-0.39, 0.29) is 6.10 Å². The van der Waals surface area contributed by atoms with Crippen LogP contribution in [0.4, 0.5) is 0 Å². The lowest BCUT2D eigenvalue weighted by Crippen LogP contribution is -2.30. The van der Waals surface area contributed by atoms with Crippen molar-refractivity contribution in [1.29, 1.82) is 0 Å². The maximum absolute atomic E-state index is 9.90. The van der Waals surface area contributed by atoms with Crippen molar-refractivity contribution in [2.24, 2.45) is 0 Å². The second-order valence-corrected chi connectivity index (χ2v) is 5.76. The van der Waals surface area contributed by atoms with E-state index in [1.54, 1.807) is 18.9 Å². The largest absolute Gasteiger partial charge is 0.391 e. The van der Waals surface area contributed by atoms with Gasteiger partial charge in [-0.15, -0.1) is 11.8 Å². The second kappa shape index (κ2) is 8.27. The van der Waals surface area contributed by atoms with Crippen LogP contribution in [0, 0.1) is 0 Å². The number of hydrogen-bond acceptors (Lipinski definition) is 4. The Balaban J connectivity index is 1.80. The number of ether oxygens (including phenoxy) is 1. The lowest BCUT2D eigenvalue weighted by molar-refractivity contribution is 0.175. The fourth-order valence-corrected chi connectivity index (χ4v) is 2.83. The molecule has 0 aliphatic heterocycles. The number of rotatable bonds is 8. The van der Waals surface area contributed by atoms with Crippen LogP contribution in [0.2, 0.25) is 0 Å². The molecule has 2 aromatic rings. The van der Waals surface area contributed by atoms with E-state index in [0.717, 1.165) is 6.54 Å². The molecular weight excluding hydrogens is 270 g/mol. The molecule has 0 heterocycles. The molecule has 0 aliphatic rings. The molecule has 0 fully saturated rings. The van der Waals surface area contributed by atoms with Crippen LogP contribution >= 0.6 is 11.8 Å². The lowest BCUT2D eigenvalue weighted by atomic mass is 10.1. The Hall–Kier alpha value is -1.07. The molecule has 4 heteroatoms.